The highest BCUT2D eigenvalue weighted by molar-refractivity contribution is 6.30. The number of nitrogens with two attached hydrogens (primary N) is 1. The van der Waals surface area contributed by atoms with Gasteiger partial charge < -0.3 is 16.3 Å². The van der Waals surface area contributed by atoms with Gasteiger partial charge in [0.25, 0.3) is 5.91 Å². The zero-order chi connectivity index (χ0) is 14.7. The van der Waals surface area contributed by atoms with Crippen LogP contribution in [0, 0.1) is 6.92 Å². The summed E-state index contributed by atoms with van der Waals surface area (Å²) >= 11 is 5.84. The van der Waals surface area contributed by atoms with Gasteiger partial charge in [0.1, 0.15) is 5.82 Å². The van der Waals surface area contributed by atoms with Crippen molar-refractivity contribution in [3.63, 3.8) is 0 Å². The fourth-order valence-corrected chi connectivity index (χ4v) is 1.92. The van der Waals surface area contributed by atoms with Crippen molar-refractivity contribution in [3.05, 3.63) is 46.1 Å². The maximum Gasteiger partial charge on any atom is 0.257 e. The number of oxime groups is 1. The van der Waals surface area contributed by atoms with Crippen molar-refractivity contribution in [3.8, 4) is 0 Å². The normalized spacial score (nSPS) is 11.4. The highest BCUT2D eigenvalue weighted by Gasteiger charge is 2.15. The minimum Gasteiger partial charge on any atom is -0.409 e. The molecule has 0 saturated carbocycles. The minimum atomic E-state index is -0.351. The quantitative estimate of drug-likeness (QED) is 0.298. The minimum absolute atomic E-state index is 0.151. The van der Waals surface area contributed by atoms with Crippen molar-refractivity contribution in [1.29, 1.82) is 0 Å². The topological polar surface area (TPSA) is 116 Å². The largest absolute Gasteiger partial charge is 0.409 e. The number of nitrogens with one attached hydrogen (secondary N) is 2. The summed E-state index contributed by atoms with van der Waals surface area (Å²) in [5.41, 5.74) is 6.98. The van der Waals surface area contributed by atoms with Gasteiger partial charge >= 0.3 is 0 Å². The average Bonchev–Trinajstić information content (AvgIpc) is 2.85. The fourth-order valence-electron chi connectivity index (χ4n) is 1.69. The number of aromatic nitrogens is 2. The molecule has 1 aromatic carbocycles. The summed E-state index contributed by atoms with van der Waals surface area (Å²) in [7, 11) is 0. The first-order chi connectivity index (χ1) is 9.52. The Morgan fingerprint density at radius 2 is 2.25 bits per heavy atom. The third-order valence-corrected chi connectivity index (χ3v) is 2.93. The van der Waals surface area contributed by atoms with Gasteiger partial charge in [-0.05, 0) is 30.7 Å². The Bertz CT molecular complexity index is 680. The van der Waals surface area contributed by atoms with E-state index in [0.717, 1.165) is 5.56 Å². The number of benzene rings is 1. The summed E-state index contributed by atoms with van der Waals surface area (Å²) in [6, 6.07) is 4.93. The molecule has 104 valence electrons. The maximum absolute atomic E-state index is 12.2. The number of amidine groups is 1. The van der Waals surface area contributed by atoms with Crippen LogP contribution in [0.5, 0.6) is 0 Å². The second-order valence-corrected chi connectivity index (χ2v) is 4.49. The van der Waals surface area contributed by atoms with Gasteiger partial charge in [-0.3, -0.25) is 9.89 Å². The lowest BCUT2D eigenvalue weighted by Crippen LogP contribution is -2.19. The van der Waals surface area contributed by atoms with E-state index in [-0.39, 0.29) is 17.6 Å². The fraction of sp³-hybridized carbons (Fsp3) is 0.0833. The van der Waals surface area contributed by atoms with Gasteiger partial charge in [0.15, 0.2) is 5.84 Å². The number of nitrogens with zero attached hydrogens (tertiary/aromatic N) is 2. The Morgan fingerprint density at radius 3 is 2.90 bits per heavy atom. The lowest BCUT2D eigenvalue weighted by Gasteiger charge is -2.07. The highest BCUT2D eigenvalue weighted by atomic mass is 35.5. The zero-order valence-electron chi connectivity index (χ0n) is 10.5. The van der Waals surface area contributed by atoms with Crippen molar-refractivity contribution >= 4 is 29.2 Å². The molecule has 1 amide bonds. The number of aromatic amines is 1. The molecule has 20 heavy (non-hydrogen) atoms. The Morgan fingerprint density at radius 1 is 1.50 bits per heavy atom. The standard InChI is InChI=1S/C12H12ClN5O2/c1-6-4-7(13)2-3-8(6)12(19)16-11-9(5-15-17-11)10(14)18-20/h2-5,20H,1H3,(H2,14,18)(H2,15,16,17,19). The monoisotopic (exact) mass is 293 g/mol. The van der Waals surface area contributed by atoms with Crippen LogP contribution in [-0.2, 0) is 0 Å². The molecule has 0 unspecified atom stereocenters. The number of hydrogen-bond acceptors (Lipinski definition) is 4. The van der Waals surface area contributed by atoms with Crippen molar-refractivity contribution in [2.75, 3.05) is 5.32 Å². The van der Waals surface area contributed by atoms with Crippen LogP contribution < -0.4 is 11.1 Å². The predicted molar refractivity (Wildman–Crippen MR) is 75.2 cm³/mol. The molecule has 0 spiro atoms. The summed E-state index contributed by atoms with van der Waals surface area (Å²) in [5.74, 6) is -0.253. The number of aryl methyl sites for hydroxylation is 1. The van der Waals surface area contributed by atoms with Gasteiger partial charge in [0, 0.05) is 10.6 Å². The number of anilines is 1. The molecule has 2 rings (SSSR count). The van der Waals surface area contributed by atoms with Crippen LogP contribution in [0.15, 0.2) is 29.6 Å². The van der Waals surface area contributed by atoms with Crippen LogP contribution >= 0.6 is 11.6 Å². The molecule has 0 atom stereocenters. The van der Waals surface area contributed by atoms with E-state index in [9.17, 15) is 4.79 Å². The van der Waals surface area contributed by atoms with E-state index >= 15 is 0 Å². The molecule has 0 aliphatic heterocycles. The van der Waals surface area contributed by atoms with E-state index < -0.39 is 0 Å². The average molecular weight is 294 g/mol. The van der Waals surface area contributed by atoms with Crippen molar-refractivity contribution in [2.45, 2.75) is 6.92 Å². The SMILES string of the molecule is Cc1cc(Cl)ccc1C(=O)Nc1[nH]ncc1/C(N)=N/O. The molecule has 0 bridgehead atoms. The van der Waals surface area contributed by atoms with Crippen LogP contribution in [0.1, 0.15) is 21.5 Å². The second kappa shape index (κ2) is 5.62. The molecule has 7 nitrogen and oxygen atoms in total. The van der Waals surface area contributed by atoms with Gasteiger partial charge in [0.05, 0.1) is 11.8 Å². The smallest absolute Gasteiger partial charge is 0.257 e. The van der Waals surface area contributed by atoms with E-state index in [4.69, 9.17) is 22.5 Å². The first kappa shape index (κ1) is 13.9. The summed E-state index contributed by atoms with van der Waals surface area (Å²) in [5, 5.41) is 21.0. The van der Waals surface area contributed by atoms with E-state index in [1.54, 1.807) is 25.1 Å². The van der Waals surface area contributed by atoms with Gasteiger partial charge in [-0.1, -0.05) is 16.8 Å². The van der Waals surface area contributed by atoms with E-state index in [1.165, 1.54) is 6.20 Å². The third kappa shape index (κ3) is 2.72. The van der Waals surface area contributed by atoms with Crippen molar-refractivity contribution in [2.24, 2.45) is 10.9 Å². The number of amides is 1. The Labute approximate surface area is 119 Å². The molecule has 1 aromatic heterocycles. The second-order valence-electron chi connectivity index (χ2n) is 4.06. The number of halogens is 1. The first-order valence-electron chi connectivity index (χ1n) is 5.61. The van der Waals surface area contributed by atoms with Gasteiger partial charge in [-0.15, -0.1) is 0 Å². The number of carbonyl (C=O) groups excluding carboxylic acids is 1. The highest BCUT2D eigenvalue weighted by Crippen LogP contribution is 2.17. The van der Waals surface area contributed by atoms with E-state index in [2.05, 4.69) is 20.7 Å². The molecular formula is C12H12ClN5O2. The molecule has 0 aliphatic rings. The predicted octanol–water partition coefficient (Wildman–Crippen LogP) is 1.72. The maximum atomic E-state index is 12.2. The number of rotatable bonds is 3. The summed E-state index contributed by atoms with van der Waals surface area (Å²) in [6.07, 6.45) is 1.35. The van der Waals surface area contributed by atoms with E-state index in [0.29, 0.717) is 16.1 Å². The first-order valence-corrected chi connectivity index (χ1v) is 5.99. The van der Waals surface area contributed by atoms with Crippen LogP contribution in [0.4, 0.5) is 5.82 Å². The summed E-state index contributed by atoms with van der Waals surface area (Å²) < 4.78 is 0. The zero-order valence-corrected chi connectivity index (χ0v) is 11.3. The lowest BCUT2D eigenvalue weighted by atomic mass is 10.1. The number of H-pyrrole nitrogens is 1. The molecule has 2 aromatic rings. The molecule has 0 radical (unpaired) electrons. The number of hydrogen-bond donors (Lipinski definition) is 4. The Balaban J connectivity index is 2.26. The van der Waals surface area contributed by atoms with Crippen molar-refractivity contribution in [1.82, 2.24) is 10.2 Å². The van der Waals surface area contributed by atoms with Gasteiger partial charge in [0.2, 0.25) is 0 Å². The molecule has 8 heteroatoms. The summed E-state index contributed by atoms with van der Waals surface area (Å²) in [6.45, 7) is 1.78. The summed E-state index contributed by atoms with van der Waals surface area (Å²) in [4.78, 5) is 12.2. The third-order valence-electron chi connectivity index (χ3n) is 2.69. The van der Waals surface area contributed by atoms with Crippen molar-refractivity contribution < 1.29 is 10.0 Å². The van der Waals surface area contributed by atoms with Crippen LogP contribution in [0.2, 0.25) is 5.02 Å². The molecule has 0 fully saturated rings. The molecule has 0 aliphatic carbocycles. The molecule has 1 heterocycles. The molecule has 0 saturated heterocycles. The number of carbonyl (C=O) groups is 1. The molecular weight excluding hydrogens is 282 g/mol. The van der Waals surface area contributed by atoms with Gasteiger partial charge in [-0.2, -0.15) is 5.10 Å². The van der Waals surface area contributed by atoms with Crippen LogP contribution in [0.25, 0.3) is 0 Å². The van der Waals surface area contributed by atoms with E-state index in [1.807, 2.05) is 0 Å². The lowest BCUT2D eigenvalue weighted by molar-refractivity contribution is 0.102. The van der Waals surface area contributed by atoms with Crippen LogP contribution in [0.3, 0.4) is 0 Å². The molecule has 5 N–H and O–H groups in total. The Kier molecular flexibility index (Phi) is 3.90. The van der Waals surface area contributed by atoms with Gasteiger partial charge in [-0.25, -0.2) is 0 Å². The Hall–Kier alpha value is -2.54. The van der Waals surface area contributed by atoms with Crippen LogP contribution in [-0.4, -0.2) is 27.1 Å².